The predicted molar refractivity (Wildman–Crippen MR) is 35.8 cm³/mol. The van der Waals surface area contributed by atoms with Gasteiger partial charge in [-0.2, -0.15) is 0 Å². The maximum Gasteiger partial charge on any atom is 0.0209 e. The highest BCUT2D eigenvalue weighted by atomic mass is 13.5. The Kier molecular flexibility index (Phi) is 5.02. The molecule has 0 aliphatic heterocycles. The van der Waals surface area contributed by atoms with Crippen molar-refractivity contribution >= 4 is 0 Å². The molecule has 0 rings (SSSR count). The first kappa shape index (κ1) is 7.24. The van der Waals surface area contributed by atoms with E-state index in [0.29, 0.717) is 0 Å². The Bertz CT molecular complexity index is 281. The lowest BCUT2D eigenvalue weighted by Gasteiger charge is -1.51. The molecule has 0 aliphatic rings. The fraction of sp³-hybridized carbons (Fsp3) is 0. The molecule has 0 bridgehead atoms. The molecule has 0 aromatic rings. The molecule has 2 radical (unpaired) electrons. The molecule has 0 amide bonds. The third kappa shape index (κ3) is 6.24. The van der Waals surface area contributed by atoms with Crippen LogP contribution in [0.2, 0.25) is 0 Å². The van der Waals surface area contributed by atoms with Gasteiger partial charge in [0.1, 0.15) is 0 Å². The average molecular weight is 110 g/mol. The van der Waals surface area contributed by atoms with Crippen molar-refractivity contribution in [1.29, 1.82) is 0 Å². The molecule has 38 valence electrons. The lowest BCUT2D eigenvalue weighted by Crippen LogP contribution is -1.50. The second-order valence-corrected chi connectivity index (χ2v) is 0.927. The van der Waals surface area contributed by atoms with Crippen LogP contribution in [0.4, 0.5) is 0 Å². The highest BCUT2D eigenvalue weighted by Gasteiger charge is 1.50. The zero-order valence-electron chi connectivity index (χ0n) is 4.71. The van der Waals surface area contributed by atoms with Gasteiger partial charge in [0.2, 0.25) is 0 Å². The van der Waals surface area contributed by atoms with Gasteiger partial charge in [0.25, 0.3) is 0 Å². The third-order valence-corrected chi connectivity index (χ3v) is 0.401. The molecule has 0 aromatic heterocycles. The molecule has 0 nitrogen and oxygen atoms in total. The zero-order valence-corrected chi connectivity index (χ0v) is 4.71. The normalized spacial score (nSPS) is 3.56. The van der Waals surface area contributed by atoms with Crippen LogP contribution in [0.5, 0.6) is 0 Å². The summed E-state index contributed by atoms with van der Waals surface area (Å²) in [4.78, 5) is 0. The molecular formula is C9H2. The van der Waals surface area contributed by atoms with Gasteiger partial charge < -0.3 is 0 Å². The van der Waals surface area contributed by atoms with Crippen LogP contribution in [0.3, 0.4) is 0 Å². The Labute approximate surface area is 55.7 Å². The second-order valence-electron chi connectivity index (χ2n) is 0.927. The molecule has 0 saturated heterocycles. The summed E-state index contributed by atoms with van der Waals surface area (Å²) in [5.41, 5.74) is 0. The van der Waals surface area contributed by atoms with E-state index in [1.165, 1.54) is 0 Å². The maximum absolute atomic E-state index is 6.34. The van der Waals surface area contributed by atoms with Gasteiger partial charge in [0.15, 0.2) is 0 Å². The molecule has 0 unspecified atom stereocenters. The average Bonchev–Trinajstić information content (AvgIpc) is 1.89. The Balaban J connectivity index is 3.90. The van der Waals surface area contributed by atoms with E-state index in [-0.39, 0.29) is 0 Å². The van der Waals surface area contributed by atoms with Crippen LogP contribution in [-0.4, -0.2) is 0 Å². The van der Waals surface area contributed by atoms with Crippen LogP contribution in [0, 0.1) is 54.8 Å². The predicted octanol–water partition coefficient (Wildman–Crippen LogP) is 0.420. The van der Waals surface area contributed by atoms with Gasteiger partial charge in [-0.3, -0.25) is 0 Å². The fourth-order valence-electron chi connectivity index (χ4n) is 0.169. The summed E-state index contributed by atoms with van der Waals surface area (Å²) in [5.74, 6) is 15.9. The van der Waals surface area contributed by atoms with E-state index >= 15 is 0 Å². The summed E-state index contributed by atoms with van der Waals surface area (Å²) >= 11 is 0. The van der Waals surface area contributed by atoms with Gasteiger partial charge in [0.05, 0.1) is 0 Å². The lowest BCUT2D eigenvalue weighted by molar-refractivity contribution is 2.31. The highest BCUT2D eigenvalue weighted by Crippen LogP contribution is 1.52. The summed E-state index contributed by atoms with van der Waals surface area (Å²) in [6, 6.07) is 0. The summed E-state index contributed by atoms with van der Waals surface area (Å²) in [5, 5.41) is 0. The minimum atomic E-state index is 1.87. The van der Waals surface area contributed by atoms with E-state index in [9.17, 15) is 0 Å². The van der Waals surface area contributed by atoms with Gasteiger partial charge in [0, 0.05) is 6.92 Å². The van der Waals surface area contributed by atoms with Gasteiger partial charge in [-0.15, -0.1) is 0 Å². The van der Waals surface area contributed by atoms with Crippen LogP contribution in [-0.2, 0) is 0 Å². The quantitative estimate of drug-likeness (QED) is 0.396. The fourth-order valence-corrected chi connectivity index (χ4v) is 0.169. The summed E-state index contributed by atoms with van der Waals surface area (Å²) in [7, 11) is 0. The van der Waals surface area contributed by atoms with E-state index in [2.05, 4.69) is 42.4 Å². The Morgan fingerprint density at radius 3 is 2.00 bits per heavy atom. The monoisotopic (exact) mass is 110 g/mol. The van der Waals surface area contributed by atoms with Crippen molar-refractivity contribution in [3.63, 3.8) is 0 Å². The van der Waals surface area contributed by atoms with Gasteiger partial charge in [-0.1, -0.05) is 5.92 Å². The smallest absolute Gasteiger partial charge is 0.0209 e. The summed E-state index contributed by atoms with van der Waals surface area (Å²) in [6.07, 6.45) is 6.34. The van der Waals surface area contributed by atoms with Crippen molar-refractivity contribution in [2.45, 2.75) is 0 Å². The molecule has 0 spiro atoms. The largest absolute Gasteiger partial charge is 0.0881 e. The topological polar surface area (TPSA) is 0 Å². The first-order valence-electron chi connectivity index (χ1n) is 2.10. The molecule has 0 aliphatic carbocycles. The van der Waals surface area contributed by atoms with Crippen molar-refractivity contribution in [2.75, 3.05) is 0 Å². The Morgan fingerprint density at radius 2 is 1.44 bits per heavy atom. The minimum Gasteiger partial charge on any atom is -0.0881 e. The van der Waals surface area contributed by atoms with E-state index in [4.69, 9.17) is 6.42 Å². The highest BCUT2D eigenvalue weighted by molar-refractivity contribution is 5.38. The minimum absolute atomic E-state index is 1.87. The van der Waals surface area contributed by atoms with Crippen molar-refractivity contribution in [2.24, 2.45) is 0 Å². The molecule has 0 fully saturated rings. The van der Waals surface area contributed by atoms with Gasteiger partial charge in [-0.25, -0.2) is 0 Å². The van der Waals surface area contributed by atoms with Crippen LogP contribution < -0.4 is 0 Å². The van der Waals surface area contributed by atoms with Crippen molar-refractivity contribution in [3.8, 4) is 41.4 Å². The van der Waals surface area contributed by atoms with Crippen LogP contribution in [0.15, 0.2) is 0 Å². The number of rotatable bonds is 0. The second kappa shape index (κ2) is 6.24. The number of hydrogen-bond donors (Lipinski definition) is 0. The van der Waals surface area contributed by atoms with Gasteiger partial charge in [-0.05, 0) is 41.9 Å². The molecule has 0 saturated carbocycles. The van der Waals surface area contributed by atoms with Crippen molar-refractivity contribution in [1.82, 2.24) is 0 Å². The molecule has 0 atom stereocenters. The molecule has 0 heteroatoms. The lowest BCUT2D eigenvalue weighted by atomic mass is 10.5. The third-order valence-electron chi connectivity index (χ3n) is 0.401. The summed E-state index contributed by atoms with van der Waals surface area (Å²) < 4.78 is 0. The van der Waals surface area contributed by atoms with E-state index in [1.54, 1.807) is 0 Å². The molecular weight excluding hydrogens is 108 g/mol. The van der Waals surface area contributed by atoms with Crippen molar-refractivity contribution in [3.05, 3.63) is 13.3 Å². The van der Waals surface area contributed by atoms with E-state index in [1.807, 2.05) is 5.92 Å². The molecule has 0 heterocycles. The van der Waals surface area contributed by atoms with E-state index < -0.39 is 0 Å². The zero-order chi connectivity index (χ0) is 6.95. The standard InChI is InChI=1S/C9H2/c1-3-5-7-9-8-6-4-2/h1H2. The molecule has 0 aromatic carbocycles. The Morgan fingerprint density at radius 1 is 0.889 bits per heavy atom. The van der Waals surface area contributed by atoms with Crippen molar-refractivity contribution < 1.29 is 0 Å². The van der Waals surface area contributed by atoms with Gasteiger partial charge >= 0.3 is 0 Å². The maximum atomic E-state index is 6.34. The first-order chi connectivity index (χ1) is 4.41. The molecule has 0 N–H and O–H groups in total. The Hall–Kier alpha value is -1.76. The van der Waals surface area contributed by atoms with Crippen LogP contribution in [0.25, 0.3) is 0 Å². The van der Waals surface area contributed by atoms with Crippen LogP contribution >= 0.6 is 0 Å². The summed E-state index contributed by atoms with van der Waals surface area (Å²) in [6.45, 7) is 3.24. The number of hydrogen-bond acceptors (Lipinski definition) is 0. The SMILES string of the molecule is [C]#CC#CC#CC#C[CH2]. The molecule has 9 heavy (non-hydrogen) atoms. The first-order valence-corrected chi connectivity index (χ1v) is 2.10. The van der Waals surface area contributed by atoms with E-state index in [0.717, 1.165) is 0 Å². The van der Waals surface area contributed by atoms with Crippen LogP contribution in [0.1, 0.15) is 0 Å².